The Labute approximate surface area is 152 Å². The fourth-order valence-electron chi connectivity index (χ4n) is 4.05. The third-order valence-electron chi connectivity index (χ3n) is 5.47. The molecule has 0 bridgehead atoms. The minimum atomic E-state index is -0.202. The molecule has 6 heteroatoms. The lowest BCUT2D eigenvalue weighted by Gasteiger charge is -2.23. The van der Waals surface area contributed by atoms with Gasteiger partial charge in [0.15, 0.2) is 0 Å². The van der Waals surface area contributed by atoms with Gasteiger partial charge in [0.1, 0.15) is 5.69 Å². The molecule has 1 aromatic carbocycles. The molecule has 3 heterocycles. The van der Waals surface area contributed by atoms with Crippen molar-refractivity contribution in [2.24, 2.45) is 7.05 Å². The number of likely N-dealkylation sites (tertiary alicyclic amines) is 1. The van der Waals surface area contributed by atoms with Gasteiger partial charge in [-0.3, -0.25) is 9.36 Å². The highest BCUT2D eigenvalue weighted by Gasteiger charge is 2.32. The van der Waals surface area contributed by atoms with Crippen LogP contribution in [0, 0.1) is 0 Å². The number of benzene rings is 1. The molecule has 0 spiro atoms. The van der Waals surface area contributed by atoms with Crippen molar-refractivity contribution in [1.82, 2.24) is 18.9 Å². The molecule has 4 rings (SSSR count). The lowest BCUT2D eigenvalue weighted by molar-refractivity contribution is 0.0737. The van der Waals surface area contributed by atoms with Crippen molar-refractivity contribution in [3.63, 3.8) is 0 Å². The number of hydrogen-bond donors (Lipinski definition) is 0. The van der Waals surface area contributed by atoms with Crippen LogP contribution < -0.4 is 0 Å². The Morgan fingerprint density at radius 3 is 2.54 bits per heavy atom. The number of aryl methyl sites for hydroxylation is 1. The first-order valence-corrected chi connectivity index (χ1v) is 9.03. The van der Waals surface area contributed by atoms with Crippen molar-refractivity contribution in [3.05, 3.63) is 36.0 Å². The lowest BCUT2D eigenvalue weighted by atomic mass is 10.2. The van der Waals surface area contributed by atoms with Gasteiger partial charge in [-0.25, -0.2) is 4.79 Å². The molecule has 26 heavy (non-hydrogen) atoms. The van der Waals surface area contributed by atoms with Crippen molar-refractivity contribution in [2.75, 3.05) is 20.6 Å². The molecule has 1 aliphatic rings. The number of nitrogens with zero attached hydrogens (tertiary/aromatic N) is 4. The van der Waals surface area contributed by atoms with Crippen molar-refractivity contribution in [1.29, 1.82) is 0 Å². The highest BCUT2D eigenvalue weighted by molar-refractivity contribution is 6.14. The van der Waals surface area contributed by atoms with Gasteiger partial charge in [-0.2, -0.15) is 0 Å². The van der Waals surface area contributed by atoms with Gasteiger partial charge < -0.3 is 14.4 Å². The van der Waals surface area contributed by atoms with Gasteiger partial charge in [0.2, 0.25) is 0 Å². The van der Waals surface area contributed by atoms with Crippen LogP contribution in [0.15, 0.2) is 30.3 Å². The third kappa shape index (κ3) is 2.25. The van der Waals surface area contributed by atoms with Crippen molar-refractivity contribution >= 4 is 33.9 Å². The normalized spacial score (nSPS) is 17.4. The zero-order chi connectivity index (χ0) is 18.6. The van der Waals surface area contributed by atoms with E-state index < -0.39 is 0 Å². The monoisotopic (exact) mass is 352 g/mol. The van der Waals surface area contributed by atoms with E-state index in [-0.39, 0.29) is 18.0 Å². The molecule has 2 aromatic heterocycles. The second-order valence-corrected chi connectivity index (χ2v) is 7.34. The highest BCUT2D eigenvalue weighted by atomic mass is 16.2. The molecule has 136 valence electrons. The predicted octanol–water partition coefficient (Wildman–Crippen LogP) is 3.29. The Balaban J connectivity index is 2.01. The van der Waals surface area contributed by atoms with Gasteiger partial charge in [0.25, 0.3) is 5.91 Å². The highest BCUT2D eigenvalue weighted by Crippen LogP contribution is 2.32. The van der Waals surface area contributed by atoms with E-state index in [1.807, 2.05) is 46.8 Å². The number of aromatic nitrogens is 2. The van der Waals surface area contributed by atoms with Crippen molar-refractivity contribution in [2.45, 2.75) is 25.8 Å². The largest absolute Gasteiger partial charge is 0.342 e. The quantitative estimate of drug-likeness (QED) is 0.675. The Bertz CT molecular complexity index is 1030. The average Bonchev–Trinajstić information content (AvgIpc) is 3.29. The fraction of sp³-hybridized carbons (Fsp3) is 0.400. The van der Waals surface area contributed by atoms with Gasteiger partial charge in [-0.15, -0.1) is 0 Å². The molecule has 1 fully saturated rings. The van der Waals surface area contributed by atoms with Gasteiger partial charge in [0.05, 0.1) is 16.6 Å². The van der Waals surface area contributed by atoms with Gasteiger partial charge in [0, 0.05) is 39.1 Å². The summed E-state index contributed by atoms with van der Waals surface area (Å²) >= 11 is 0. The number of para-hydroxylation sites is 1. The van der Waals surface area contributed by atoms with E-state index in [9.17, 15) is 9.59 Å². The SMILES string of the molecule is CC1CCCN1C(=O)c1cc2c(c3ccccc3n2C)n1C(=O)N(C)C. The molecule has 2 amide bonds. The number of hydrogen-bond acceptors (Lipinski definition) is 2. The minimum Gasteiger partial charge on any atom is -0.342 e. The van der Waals surface area contributed by atoms with Crippen LogP contribution in [0.3, 0.4) is 0 Å². The molecular formula is C20H24N4O2. The van der Waals surface area contributed by atoms with E-state index in [1.54, 1.807) is 18.7 Å². The van der Waals surface area contributed by atoms with Gasteiger partial charge >= 0.3 is 6.03 Å². The minimum absolute atomic E-state index is 0.0644. The summed E-state index contributed by atoms with van der Waals surface area (Å²) in [5.41, 5.74) is 3.20. The molecule has 3 aromatic rings. The Kier molecular flexibility index (Phi) is 3.79. The van der Waals surface area contributed by atoms with Crippen molar-refractivity contribution in [3.8, 4) is 0 Å². The molecule has 1 unspecified atom stereocenters. The zero-order valence-electron chi connectivity index (χ0n) is 15.7. The van der Waals surface area contributed by atoms with Crippen LogP contribution in [0.25, 0.3) is 21.9 Å². The molecule has 1 atom stereocenters. The maximum absolute atomic E-state index is 13.2. The van der Waals surface area contributed by atoms with Crippen LogP contribution in [-0.2, 0) is 7.05 Å². The molecule has 0 radical (unpaired) electrons. The number of fused-ring (bicyclic) bond motifs is 3. The number of carbonyl (C=O) groups is 2. The predicted molar refractivity (Wildman–Crippen MR) is 103 cm³/mol. The first-order valence-electron chi connectivity index (χ1n) is 9.03. The molecule has 1 saturated heterocycles. The number of rotatable bonds is 1. The first-order chi connectivity index (χ1) is 12.4. The van der Waals surface area contributed by atoms with Gasteiger partial charge in [-0.1, -0.05) is 18.2 Å². The summed E-state index contributed by atoms with van der Waals surface area (Å²) in [7, 11) is 5.40. The third-order valence-corrected chi connectivity index (χ3v) is 5.47. The molecule has 0 saturated carbocycles. The van der Waals surface area contributed by atoms with Crippen LogP contribution in [0.5, 0.6) is 0 Å². The van der Waals surface area contributed by atoms with E-state index in [4.69, 9.17) is 0 Å². The van der Waals surface area contributed by atoms with E-state index in [2.05, 4.69) is 6.92 Å². The summed E-state index contributed by atoms with van der Waals surface area (Å²) in [6.07, 6.45) is 2.02. The summed E-state index contributed by atoms with van der Waals surface area (Å²) in [4.78, 5) is 29.7. The van der Waals surface area contributed by atoms with Crippen LogP contribution >= 0.6 is 0 Å². The summed E-state index contributed by atoms with van der Waals surface area (Å²) in [6.45, 7) is 2.82. The van der Waals surface area contributed by atoms with Crippen LogP contribution in [0.2, 0.25) is 0 Å². The number of amides is 2. The molecular weight excluding hydrogens is 328 g/mol. The Morgan fingerprint density at radius 2 is 1.88 bits per heavy atom. The van der Waals surface area contributed by atoms with E-state index in [1.165, 1.54) is 4.90 Å². The number of carbonyl (C=O) groups excluding carboxylic acids is 2. The standard InChI is InChI=1S/C20H24N4O2/c1-13-8-7-11-23(13)19(25)17-12-16-18(24(17)20(26)21(2)3)14-9-5-6-10-15(14)22(16)4/h5-6,9-10,12-13H,7-8,11H2,1-4H3. The Hall–Kier alpha value is -2.76. The summed E-state index contributed by atoms with van der Waals surface area (Å²) < 4.78 is 3.64. The van der Waals surface area contributed by atoms with Crippen LogP contribution in [0.4, 0.5) is 4.79 Å². The summed E-state index contributed by atoms with van der Waals surface area (Å²) in [6, 6.07) is 9.85. The van der Waals surface area contributed by atoms with E-state index in [0.717, 1.165) is 41.3 Å². The second kappa shape index (κ2) is 5.90. The fourth-order valence-corrected chi connectivity index (χ4v) is 4.05. The topological polar surface area (TPSA) is 50.5 Å². The zero-order valence-corrected chi connectivity index (χ0v) is 15.7. The van der Waals surface area contributed by atoms with E-state index in [0.29, 0.717) is 5.69 Å². The molecule has 0 aliphatic carbocycles. The maximum Gasteiger partial charge on any atom is 0.328 e. The summed E-state index contributed by atoms with van der Waals surface area (Å²) in [5.74, 6) is -0.0644. The van der Waals surface area contributed by atoms with E-state index >= 15 is 0 Å². The average molecular weight is 352 g/mol. The van der Waals surface area contributed by atoms with Gasteiger partial charge in [-0.05, 0) is 31.9 Å². The van der Waals surface area contributed by atoms with Crippen molar-refractivity contribution < 1.29 is 9.59 Å². The van der Waals surface area contributed by atoms with Crippen LogP contribution in [0.1, 0.15) is 30.3 Å². The first kappa shape index (κ1) is 16.7. The maximum atomic E-state index is 13.2. The smallest absolute Gasteiger partial charge is 0.328 e. The molecule has 1 aliphatic heterocycles. The lowest BCUT2D eigenvalue weighted by Crippen LogP contribution is -2.37. The van der Waals surface area contributed by atoms with Crippen LogP contribution in [-0.4, -0.2) is 57.6 Å². The second-order valence-electron chi connectivity index (χ2n) is 7.34. The molecule has 0 N–H and O–H groups in total. The summed E-state index contributed by atoms with van der Waals surface area (Å²) in [5, 5.41) is 0.980. The molecule has 6 nitrogen and oxygen atoms in total. The Morgan fingerprint density at radius 1 is 1.15 bits per heavy atom.